The van der Waals surface area contributed by atoms with Gasteiger partial charge in [-0.05, 0) is 64.6 Å². The first-order valence-electron chi connectivity index (χ1n) is 12.4. The predicted molar refractivity (Wildman–Crippen MR) is 142 cm³/mol. The fraction of sp³-hybridized carbons (Fsp3) is 0.783. The van der Waals surface area contributed by atoms with Crippen LogP contribution in [0.25, 0.3) is 11.2 Å². The summed E-state index contributed by atoms with van der Waals surface area (Å²) in [5.74, 6) is 1.68. The van der Waals surface area contributed by atoms with Crippen molar-refractivity contribution in [1.29, 1.82) is 0 Å². The van der Waals surface area contributed by atoms with Gasteiger partial charge in [-0.3, -0.25) is 4.57 Å². The van der Waals surface area contributed by atoms with E-state index in [2.05, 4.69) is 38.9 Å². The van der Waals surface area contributed by atoms with E-state index >= 15 is 0 Å². The molecule has 4 rings (SSSR count). The highest BCUT2D eigenvalue weighted by molar-refractivity contribution is 5.85. The molecule has 8 nitrogen and oxygen atoms in total. The van der Waals surface area contributed by atoms with Gasteiger partial charge < -0.3 is 21.3 Å². The van der Waals surface area contributed by atoms with Crippen LogP contribution in [0.2, 0.25) is 0 Å². The molecule has 2 aromatic heterocycles. The highest BCUT2D eigenvalue weighted by Crippen LogP contribution is 2.35. The van der Waals surface area contributed by atoms with E-state index in [-0.39, 0.29) is 24.8 Å². The minimum Gasteiger partial charge on any atom is -0.356 e. The number of nitrogens with one attached hydrogen (secondary N) is 2. The number of fused-ring (bicyclic) bond motifs is 1. The monoisotopic (exact) mass is 500 g/mol. The zero-order valence-corrected chi connectivity index (χ0v) is 21.8. The third kappa shape index (κ3) is 7.07. The third-order valence-corrected chi connectivity index (χ3v) is 7.06. The molecule has 0 radical (unpaired) electrons. The van der Waals surface area contributed by atoms with Gasteiger partial charge in [0.25, 0.3) is 0 Å². The van der Waals surface area contributed by atoms with Crippen molar-refractivity contribution in [3.8, 4) is 0 Å². The van der Waals surface area contributed by atoms with Gasteiger partial charge >= 0.3 is 0 Å². The summed E-state index contributed by atoms with van der Waals surface area (Å²) < 4.78 is 2.35. The van der Waals surface area contributed by atoms with E-state index in [1.807, 2.05) is 6.20 Å². The predicted octanol–water partition coefficient (Wildman–Crippen LogP) is 4.61. The Labute approximate surface area is 210 Å². The Morgan fingerprint density at radius 2 is 1.73 bits per heavy atom. The molecule has 10 heteroatoms. The van der Waals surface area contributed by atoms with Gasteiger partial charge in [-0.1, -0.05) is 26.7 Å². The molecular formula is C23H42Cl2N8. The van der Waals surface area contributed by atoms with Crippen molar-refractivity contribution in [1.82, 2.24) is 24.4 Å². The molecule has 0 amide bonds. The van der Waals surface area contributed by atoms with Gasteiger partial charge in [0.2, 0.25) is 11.9 Å². The summed E-state index contributed by atoms with van der Waals surface area (Å²) >= 11 is 0. The molecule has 0 aliphatic heterocycles. The van der Waals surface area contributed by atoms with Crippen molar-refractivity contribution in [3.05, 3.63) is 6.20 Å². The first-order chi connectivity index (χ1) is 15.2. The minimum absolute atomic E-state index is 0. The molecule has 0 atom stereocenters. The lowest BCUT2D eigenvalue weighted by Crippen LogP contribution is -2.33. The highest BCUT2D eigenvalue weighted by Gasteiger charge is 2.25. The van der Waals surface area contributed by atoms with Crippen LogP contribution < -0.4 is 16.4 Å². The number of nitrogens with zero attached hydrogens (tertiary/aromatic N) is 5. The van der Waals surface area contributed by atoms with Crippen LogP contribution in [0.5, 0.6) is 0 Å². The Balaban J connectivity index is 0.00000193. The van der Waals surface area contributed by atoms with Crippen LogP contribution in [0.4, 0.5) is 11.9 Å². The van der Waals surface area contributed by atoms with Gasteiger partial charge in [-0.15, -0.1) is 24.8 Å². The second-order valence-corrected chi connectivity index (χ2v) is 9.21. The Morgan fingerprint density at radius 1 is 1.03 bits per heavy atom. The van der Waals surface area contributed by atoms with Gasteiger partial charge in [0.05, 0.1) is 6.20 Å². The maximum atomic E-state index is 6.06. The molecule has 0 saturated heterocycles. The molecule has 0 bridgehead atoms. The molecule has 2 aliphatic rings. The number of anilines is 2. The summed E-state index contributed by atoms with van der Waals surface area (Å²) in [6, 6.07) is 1.24. The molecule has 2 heterocycles. The van der Waals surface area contributed by atoms with Crippen molar-refractivity contribution in [2.24, 2.45) is 5.73 Å². The third-order valence-electron chi connectivity index (χ3n) is 7.06. The van der Waals surface area contributed by atoms with Crippen LogP contribution in [-0.2, 0) is 0 Å². The smallest absolute Gasteiger partial charge is 0.224 e. The molecule has 2 aliphatic carbocycles. The zero-order valence-electron chi connectivity index (χ0n) is 20.1. The van der Waals surface area contributed by atoms with Gasteiger partial charge in [-0.2, -0.15) is 4.98 Å². The average Bonchev–Trinajstić information content (AvgIpc) is 3.42. The summed E-state index contributed by atoms with van der Waals surface area (Å²) in [4.78, 5) is 16.9. The molecule has 2 fully saturated rings. The Kier molecular flexibility index (Phi) is 11.4. The molecule has 33 heavy (non-hydrogen) atoms. The van der Waals surface area contributed by atoms with E-state index in [0.29, 0.717) is 18.1 Å². The van der Waals surface area contributed by atoms with E-state index in [9.17, 15) is 0 Å². The Morgan fingerprint density at radius 3 is 2.39 bits per heavy atom. The second-order valence-electron chi connectivity index (χ2n) is 9.21. The van der Waals surface area contributed by atoms with E-state index in [4.69, 9.17) is 15.7 Å². The molecule has 0 spiro atoms. The van der Waals surface area contributed by atoms with Crippen LogP contribution in [0.15, 0.2) is 6.20 Å². The molecule has 188 valence electrons. The number of nitrogens with two attached hydrogens (primary N) is 1. The number of aromatic nitrogens is 4. The largest absolute Gasteiger partial charge is 0.356 e. The first kappa shape index (κ1) is 27.9. The summed E-state index contributed by atoms with van der Waals surface area (Å²) in [6.45, 7) is 8.70. The maximum Gasteiger partial charge on any atom is 0.224 e. The molecule has 2 aromatic rings. The molecular weight excluding hydrogens is 459 g/mol. The van der Waals surface area contributed by atoms with Crippen LogP contribution in [0.3, 0.4) is 0 Å². The highest BCUT2D eigenvalue weighted by atomic mass is 35.5. The van der Waals surface area contributed by atoms with Crippen molar-refractivity contribution >= 4 is 47.9 Å². The lowest BCUT2D eigenvalue weighted by molar-refractivity contribution is 0.303. The van der Waals surface area contributed by atoms with Crippen molar-refractivity contribution in [2.45, 2.75) is 89.8 Å². The van der Waals surface area contributed by atoms with E-state index in [1.54, 1.807) is 0 Å². The van der Waals surface area contributed by atoms with Gasteiger partial charge in [0.1, 0.15) is 5.52 Å². The zero-order chi connectivity index (χ0) is 21.6. The summed E-state index contributed by atoms with van der Waals surface area (Å²) in [7, 11) is 0. The fourth-order valence-electron chi connectivity index (χ4n) is 5.08. The summed E-state index contributed by atoms with van der Waals surface area (Å²) in [6.07, 6.45) is 12.3. The van der Waals surface area contributed by atoms with E-state index in [1.165, 1.54) is 25.7 Å². The van der Waals surface area contributed by atoms with Gasteiger partial charge in [0, 0.05) is 24.7 Å². The van der Waals surface area contributed by atoms with Crippen molar-refractivity contribution in [3.63, 3.8) is 0 Å². The number of halogens is 2. The number of rotatable bonds is 10. The van der Waals surface area contributed by atoms with E-state index in [0.717, 1.165) is 81.3 Å². The van der Waals surface area contributed by atoms with Crippen LogP contribution in [0, 0.1) is 0 Å². The van der Waals surface area contributed by atoms with Gasteiger partial charge in [-0.25, -0.2) is 9.97 Å². The molecule has 0 unspecified atom stereocenters. The average molecular weight is 502 g/mol. The van der Waals surface area contributed by atoms with Crippen LogP contribution in [-0.4, -0.2) is 62.7 Å². The minimum atomic E-state index is 0. The van der Waals surface area contributed by atoms with Gasteiger partial charge in [0.15, 0.2) is 5.65 Å². The van der Waals surface area contributed by atoms with Crippen LogP contribution in [0.1, 0.15) is 77.7 Å². The van der Waals surface area contributed by atoms with E-state index < -0.39 is 0 Å². The lowest BCUT2D eigenvalue weighted by Gasteiger charge is -2.26. The van der Waals surface area contributed by atoms with Crippen molar-refractivity contribution in [2.75, 3.05) is 36.8 Å². The number of hydrogen-bond donors (Lipinski definition) is 3. The molecule has 4 N–H and O–H groups in total. The quantitative estimate of drug-likeness (QED) is 0.409. The van der Waals surface area contributed by atoms with Crippen molar-refractivity contribution < 1.29 is 0 Å². The normalized spacial score (nSPS) is 21.1. The number of hydrogen-bond acceptors (Lipinski definition) is 7. The SMILES string of the molecule is CCN(CC)CCCNc1nc2cnc(N[C@H]3CC[C@H](N)CC3)nc2n1C1CCCC1.Cl.Cl. The fourth-order valence-corrected chi connectivity index (χ4v) is 5.08. The molecule has 2 saturated carbocycles. The topological polar surface area (TPSA) is 96.9 Å². The summed E-state index contributed by atoms with van der Waals surface area (Å²) in [5, 5.41) is 7.17. The maximum absolute atomic E-state index is 6.06. The lowest BCUT2D eigenvalue weighted by atomic mass is 9.92. The molecule has 0 aromatic carbocycles. The Hall–Kier alpha value is -1.35. The Bertz CT molecular complexity index is 827. The van der Waals surface area contributed by atoms with Crippen LogP contribution >= 0.6 is 24.8 Å². The first-order valence-corrected chi connectivity index (χ1v) is 12.4. The second kappa shape index (κ2) is 13.5. The number of imidazole rings is 1. The standard InChI is InChI=1S/C23H40N8.2ClH/c1-3-30(4-2)15-7-14-25-23-28-20-16-26-22(27-18-12-10-17(24)11-13-18)29-21(20)31(23)19-8-5-6-9-19;;/h16-19H,3-15,24H2,1-2H3,(H,25,28)(H,26,27,29);2*1H/t17-,18-;;. The summed E-state index contributed by atoms with van der Waals surface area (Å²) in [5.41, 5.74) is 7.90.